The van der Waals surface area contributed by atoms with E-state index in [1.807, 2.05) is 43.3 Å². The van der Waals surface area contributed by atoms with Crippen LogP contribution in [0, 0.1) is 6.92 Å². The van der Waals surface area contributed by atoms with Crippen molar-refractivity contribution < 1.29 is 9.53 Å². The van der Waals surface area contributed by atoms with E-state index in [0.717, 1.165) is 43.4 Å². The number of hydrogen-bond acceptors (Lipinski definition) is 6. The van der Waals surface area contributed by atoms with Crippen LogP contribution in [0.2, 0.25) is 0 Å². The summed E-state index contributed by atoms with van der Waals surface area (Å²) in [5, 5.41) is 6.10. The smallest absolute Gasteiger partial charge is 0.224 e. The van der Waals surface area contributed by atoms with Crippen LogP contribution in [-0.2, 0) is 16.0 Å². The number of hydrogen-bond donors (Lipinski definition) is 2. The van der Waals surface area contributed by atoms with Crippen molar-refractivity contribution in [2.75, 3.05) is 49.6 Å². The Bertz CT molecular complexity index is 717. The van der Waals surface area contributed by atoms with Crippen LogP contribution in [0.15, 0.2) is 36.4 Å². The molecule has 0 saturated carbocycles. The Morgan fingerprint density at radius 1 is 1.15 bits per heavy atom. The van der Waals surface area contributed by atoms with Crippen LogP contribution in [0.3, 0.4) is 0 Å². The Morgan fingerprint density at radius 2 is 1.92 bits per heavy atom. The van der Waals surface area contributed by atoms with E-state index in [9.17, 15) is 4.79 Å². The number of nitrogens with one attached hydrogen (secondary N) is 2. The maximum absolute atomic E-state index is 11.9. The van der Waals surface area contributed by atoms with Gasteiger partial charge in [-0.1, -0.05) is 30.3 Å². The molecule has 1 aliphatic rings. The first-order valence-corrected chi connectivity index (χ1v) is 8.93. The van der Waals surface area contributed by atoms with Crippen molar-refractivity contribution in [3.63, 3.8) is 0 Å². The lowest BCUT2D eigenvalue weighted by atomic mass is 10.1. The second-order valence-electron chi connectivity index (χ2n) is 6.23. The van der Waals surface area contributed by atoms with Crippen molar-refractivity contribution in [2.45, 2.75) is 13.3 Å². The average molecular weight is 355 g/mol. The predicted molar refractivity (Wildman–Crippen MR) is 101 cm³/mol. The van der Waals surface area contributed by atoms with Gasteiger partial charge < -0.3 is 20.3 Å². The quantitative estimate of drug-likeness (QED) is 0.731. The third kappa shape index (κ3) is 5.42. The molecule has 0 unspecified atom stereocenters. The summed E-state index contributed by atoms with van der Waals surface area (Å²) in [4.78, 5) is 23.1. The first-order valence-electron chi connectivity index (χ1n) is 8.93. The molecule has 2 heterocycles. The van der Waals surface area contributed by atoms with E-state index < -0.39 is 0 Å². The molecule has 1 fully saturated rings. The molecule has 0 aliphatic carbocycles. The molecule has 1 saturated heterocycles. The molecule has 26 heavy (non-hydrogen) atoms. The van der Waals surface area contributed by atoms with E-state index in [4.69, 9.17) is 4.74 Å². The number of amides is 1. The fourth-order valence-electron chi connectivity index (χ4n) is 2.81. The van der Waals surface area contributed by atoms with Gasteiger partial charge in [0.05, 0.1) is 19.6 Å². The summed E-state index contributed by atoms with van der Waals surface area (Å²) in [6, 6.07) is 11.7. The molecule has 0 radical (unpaired) electrons. The number of benzene rings is 1. The highest BCUT2D eigenvalue weighted by molar-refractivity contribution is 5.78. The lowest BCUT2D eigenvalue weighted by molar-refractivity contribution is -0.120. The molecule has 0 atom stereocenters. The molecular formula is C19H25N5O2. The van der Waals surface area contributed by atoms with Gasteiger partial charge in [-0.15, -0.1) is 0 Å². The number of anilines is 2. The summed E-state index contributed by atoms with van der Waals surface area (Å²) in [7, 11) is 0. The first-order chi connectivity index (χ1) is 12.7. The molecule has 7 nitrogen and oxygen atoms in total. The van der Waals surface area contributed by atoms with Crippen LogP contribution in [0.4, 0.5) is 11.8 Å². The molecule has 2 N–H and O–H groups in total. The molecule has 138 valence electrons. The molecule has 1 aliphatic heterocycles. The average Bonchev–Trinajstić information content (AvgIpc) is 2.66. The number of aromatic nitrogens is 2. The highest BCUT2D eigenvalue weighted by Gasteiger charge is 2.14. The standard InChI is InChI=1S/C19H25N5O2/c1-15-13-17(24-9-11-26-12-10-24)23-19(22-15)21-8-7-20-18(25)14-16-5-3-2-4-6-16/h2-6,13H,7-12,14H2,1H3,(H,20,25)(H,21,22,23). The Labute approximate surface area is 153 Å². The number of morpholine rings is 1. The maximum atomic E-state index is 11.9. The number of carbonyl (C=O) groups is 1. The number of nitrogens with zero attached hydrogens (tertiary/aromatic N) is 3. The van der Waals surface area contributed by atoms with Gasteiger partial charge in [0.25, 0.3) is 0 Å². The summed E-state index contributed by atoms with van der Waals surface area (Å²) in [5.74, 6) is 1.51. The van der Waals surface area contributed by atoms with Gasteiger partial charge in [0.2, 0.25) is 11.9 Å². The fourth-order valence-corrected chi connectivity index (χ4v) is 2.81. The number of aryl methyl sites for hydroxylation is 1. The first kappa shape index (κ1) is 18.1. The van der Waals surface area contributed by atoms with Crippen LogP contribution in [-0.4, -0.2) is 55.3 Å². The Morgan fingerprint density at radius 3 is 2.69 bits per heavy atom. The number of rotatable bonds is 7. The van der Waals surface area contributed by atoms with Crippen molar-refractivity contribution >= 4 is 17.7 Å². The number of ether oxygens (including phenoxy) is 1. The molecule has 0 bridgehead atoms. The topological polar surface area (TPSA) is 79.4 Å². The summed E-state index contributed by atoms with van der Waals surface area (Å²) in [6.45, 7) is 6.18. The van der Waals surface area contributed by atoms with Crippen molar-refractivity contribution in [1.29, 1.82) is 0 Å². The van der Waals surface area contributed by atoms with Gasteiger partial charge in [0.1, 0.15) is 5.82 Å². The fraction of sp³-hybridized carbons (Fsp3) is 0.421. The second-order valence-corrected chi connectivity index (χ2v) is 6.23. The highest BCUT2D eigenvalue weighted by Crippen LogP contribution is 2.16. The van der Waals surface area contributed by atoms with Crippen molar-refractivity contribution in [3.8, 4) is 0 Å². The Hall–Kier alpha value is -2.67. The van der Waals surface area contributed by atoms with Crippen LogP contribution in [0.25, 0.3) is 0 Å². The minimum Gasteiger partial charge on any atom is -0.378 e. The second kappa shape index (κ2) is 9.15. The molecule has 2 aromatic rings. The monoisotopic (exact) mass is 355 g/mol. The molecule has 3 rings (SSSR count). The van der Waals surface area contributed by atoms with E-state index in [1.165, 1.54) is 0 Å². The third-order valence-corrected chi connectivity index (χ3v) is 4.11. The largest absolute Gasteiger partial charge is 0.378 e. The SMILES string of the molecule is Cc1cc(N2CCOCC2)nc(NCCNC(=O)Cc2ccccc2)n1. The molecular weight excluding hydrogens is 330 g/mol. The third-order valence-electron chi connectivity index (χ3n) is 4.11. The van der Waals surface area contributed by atoms with Gasteiger partial charge in [0, 0.05) is 37.9 Å². The summed E-state index contributed by atoms with van der Waals surface area (Å²) in [5.41, 5.74) is 1.92. The van der Waals surface area contributed by atoms with E-state index in [2.05, 4.69) is 25.5 Å². The number of carbonyl (C=O) groups excluding carboxylic acids is 1. The predicted octanol–water partition coefficient (Wildman–Crippen LogP) is 1.39. The summed E-state index contributed by atoms with van der Waals surface area (Å²) >= 11 is 0. The summed E-state index contributed by atoms with van der Waals surface area (Å²) < 4.78 is 5.39. The summed E-state index contributed by atoms with van der Waals surface area (Å²) in [6.07, 6.45) is 0.392. The van der Waals surface area contributed by atoms with Gasteiger partial charge in [0.15, 0.2) is 0 Å². The van der Waals surface area contributed by atoms with Crippen molar-refractivity contribution in [1.82, 2.24) is 15.3 Å². The Balaban J connectivity index is 1.45. The van der Waals surface area contributed by atoms with E-state index in [-0.39, 0.29) is 5.91 Å². The van der Waals surface area contributed by atoms with Gasteiger partial charge in [-0.3, -0.25) is 4.79 Å². The molecule has 1 aromatic carbocycles. The van der Waals surface area contributed by atoms with Crippen LogP contribution >= 0.6 is 0 Å². The van der Waals surface area contributed by atoms with E-state index in [1.54, 1.807) is 0 Å². The minimum atomic E-state index is 0.0113. The van der Waals surface area contributed by atoms with E-state index in [0.29, 0.717) is 25.5 Å². The molecule has 1 amide bonds. The Kier molecular flexibility index (Phi) is 6.38. The minimum absolute atomic E-state index is 0.0113. The normalized spacial score (nSPS) is 14.1. The molecule has 0 spiro atoms. The lowest BCUT2D eigenvalue weighted by Crippen LogP contribution is -2.37. The van der Waals surface area contributed by atoms with Crippen molar-refractivity contribution in [2.24, 2.45) is 0 Å². The van der Waals surface area contributed by atoms with E-state index >= 15 is 0 Å². The van der Waals surface area contributed by atoms with Gasteiger partial charge >= 0.3 is 0 Å². The van der Waals surface area contributed by atoms with Crippen LogP contribution in [0.1, 0.15) is 11.3 Å². The highest BCUT2D eigenvalue weighted by atomic mass is 16.5. The zero-order chi connectivity index (χ0) is 18.2. The van der Waals surface area contributed by atoms with Gasteiger partial charge in [-0.05, 0) is 12.5 Å². The van der Waals surface area contributed by atoms with Gasteiger partial charge in [-0.2, -0.15) is 4.98 Å². The molecule has 7 heteroatoms. The zero-order valence-electron chi connectivity index (χ0n) is 15.1. The zero-order valence-corrected chi connectivity index (χ0v) is 15.1. The van der Waals surface area contributed by atoms with Crippen LogP contribution in [0.5, 0.6) is 0 Å². The van der Waals surface area contributed by atoms with Crippen LogP contribution < -0.4 is 15.5 Å². The van der Waals surface area contributed by atoms with Crippen molar-refractivity contribution in [3.05, 3.63) is 47.7 Å². The maximum Gasteiger partial charge on any atom is 0.224 e. The molecule has 1 aromatic heterocycles. The lowest BCUT2D eigenvalue weighted by Gasteiger charge is -2.28. The van der Waals surface area contributed by atoms with Gasteiger partial charge in [-0.25, -0.2) is 4.98 Å².